The Kier molecular flexibility index (Phi) is 7.31. The van der Waals surface area contributed by atoms with Crippen molar-refractivity contribution in [1.82, 2.24) is 34.7 Å². The third kappa shape index (κ3) is 5.30. The molecule has 1 aromatic carbocycles. The Balaban J connectivity index is 1.45. The summed E-state index contributed by atoms with van der Waals surface area (Å²) in [6.07, 6.45) is 5.83. The van der Waals surface area contributed by atoms with E-state index in [2.05, 4.69) is 25.5 Å². The molecule has 0 bridgehead atoms. The Hall–Kier alpha value is -3.60. The zero-order chi connectivity index (χ0) is 24.1. The Morgan fingerprint density at radius 1 is 1.09 bits per heavy atom. The highest BCUT2D eigenvalue weighted by Crippen LogP contribution is 2.11. The minimum Gasteiger partial charge on any atom is -0.348 e. The summed E-state index contributed by atoms with van der Waals surface area (Å²) in [5, 5.41) is 10.7. The summed E-state index contributed by atoms with van der Waals surface area (Å²) in [6.45, 7) is 5.54. The summed E-state index contributed by atoms with van der Waals surface area (Å²) >= 11 is 0. The molecule has 1 amide bonds. The standard InChI is InChI=1S/C23H29N7O4/c1-16-8-10-17(11-9-16)30-23(33)28(2)22(32)18(26-30)19-25-21(34-27-19)20(31)24-12-7-15-29-13-5-3-4-6-14-29/h8-11H,3-7,12-15H2,1-2H3,(H,24,31). The molecule has 34 heavy (non-hydrogen) atoms. The lowest BCUT2D eigenvalue weighted by molar-refractivity contribution is 0.0908. The molecule has 0 radical (unpaired) electrons. The van der Waals surface area contributed by atoms with Gasteiger partial charge in [-0.05, 0) is 58.0 Å². The van der Waals surface area contributed by atoms with Gasteiger partial charge in [0.2, 0.25) is 5.82 Å². The van der Waals surface area contributed by atoms with Gasteiger partial charge in [0, 0.05) is 13.6 Å². The van der Waals surface area contributed by atoms with Crippen molar-refractivity contribution in [2.45, 2.75) is 39.0 Å². The van der Waals surface area contributed by atoms with E-state index in [4.69, 9.17) is 4.52 Å². The van der Waals surface area contributed by atoms with Crippen molar-refractivity contribution in [3.63, 3.8) is 0 Å². The van der Waals surface area contributed by atoms with Crippen LogP contribution in [0.5, 0.6) is 0 Å². The highest BCUT2D eigenvalue weighted by molar-refractivity contribution is 5.89. The Morgan fingerprint density at radius 3 is 2.50 bits per heavy atom. The first-order chi connectivity index (χ1) is 16.4. The van der Waals surface area contributed by atoms with Gasteiger partial charge in [-0.15, -0.1) is 0 Å². The smallest absolute Gasteiger partial charge is 0.348 e. The number of likely N-dealkylation sites (tertiary alicyclic amines) is 1. The number of amides is 1. The van der Waals surface area contributed by atoms with Gasteiger partial charge in [0.1, 0.15) is 0 Å². The third-order valence-electron chi connectivity index (χ3n) is 5.92. The quantitative estimate of drug-likeness (QED) is 0.515. The van der Waals surface area contributed by atoms with Gasteiger partial charge < -0.3 is 14.7 Å². The summed E-state index contributed by atoms with van der Waals surface area (Å²) in [5.41, 5.74) is 0.0223. The molecule has 4 rings (SSSR count). The van der Waals surface area contributed by atoms with Crippen LogP contribution in [-0.2, 0) is 7.05 Å². The molecule has 0 saturated carbocycles. The number of nitrogens with zero attached hydrogens (tertiary/aromatic N) is 6. The molecule has 3 heterocycles. The van der Waals surface area contributed by atoms with Gasteiger partial charge in [-0.25, -0.2) is 4.79 Å². The fourth-order valence-electron chi connectivity index (χ4n) is 3.92. The highest BCUT2D eigenvalue weighted by Gasteiger charge is 2.22. The number of nitrogens with one attached hydrogen (secondary N) is 1. The van der Waals surface area contributed by atoms with Crippen molar-refractivity contribution in [1.29, 1.82) is 0 Å². The van der Waals surface area contributed by atoms with E-state index in [0.29, 0.717) is 12.2 Å². The number of aryl methyl sites for hydroxylation is 1. The van der Waals surface area contributed by atoms with Crippen molar-refractivity contribution in [3.8, 4) is 17.2 Å². The summed E-state index contributed by atoms with van der Waals surface area (Å²) < 4.78 is 7.08. The SMILES string of the molecule is Cc1ccc(-n2nc(-c3noc(C(=O)NCCCN4CCCCCC4)n3)c(=O)n(C)c2=O)cc1. The second kappa shape index (κ2) is 10.6. The molecule has 1 aliphatic rings. The van der Waals surface area contributed by atoms with E-state index in [-0.39, 0.29) is 17.4 Å². The maximum atomic E-state index is 12.7. The number of rotatable bonds is 7. The number of carbonyl (C=O) groups excluding carboxylic acids is 1. The minimum atomic E-state index is -0.682. The molecule has 3 aromatic rings. The molecule has 2 aromatic heterocycles. The molecule has 11 nitrogen and oxygen atoms in total. The molecular weight excluding hydrogens is 438 g/mol. The van der Waals surface area contributed by atoms with Crippen LogP contribution >= 0.6 is 0 Å². The number of carbonyl (C=O) groups is 1. The van der Waals surface area contributed by atoms with Crippen LogP contribution < -0.4 is 16.6 Å². The predicted octanol–water partition coefficient (Wildman–Crippen LogP) is 1.29. The number of aromatic nitrogens is 5. The lowest BCUT2D eigenvalue weighted by Crippen LogP contribution is -2.40. The van der Waals surface area contributed by atoms with Gasteiger partial charge in [0.15, 0.2) is 5.69 Å². The van der Waals surface area contributed by atoms with Crippen LogP contribution in [0.2, 0.25) is 0 Å². The van der Waals surface area contributed by atoms with Crippen molar-refractivity contribution < 1.29 is 9.32 Å². The first kappa shape index (κ1) is 23.6. The Labute approximate surface area is 196 Å². The van der Waals surface area contributed by atoms with Crippen molar-refractivity contribution >= 4 is 5.91 Å². The maximum absolute atomic E-state index is 12.7. The first-order valence-corrected chi connectivity index (χ1v) is 11.6. The fourth-order valence-corrected chi connectivity index (χ4v) is 3.92. The van der Waals surface area contributed by atoms with Gasteiger partial charge in [-0.1, -0.05) is 35.7 Å². The predicted molar refractivity (Wildman–Crippen MR) is 125 cm³/mol. The van der Waals surface area contributed by atoms with E-state index in [1.165, 1.54) is 32.7 Å². The normalized spacial score (nSPS) is 14.6. The first-order valence-electron chi connectivity index (χ1n) is 11.6. The Bertz CT molecular complexity index is 1250. The average molecular weight is 468 g/mol. The van der Waals surface area contributed by atoms with Gasteiger partial charge in [0.05, 0.1) is 5.69 Å². The zero-order valence-corrected chi connectivity index (χ0v) is 19.5. The second-order valence-electron chi connectivity index (χ2n) is 8.53. The number of benzene rings is 1. The molecule has 0 aliphatic carbocycles. The van der Waals surface area contributed by atoms with Crippen LogP contribution in [0.4, 0.5) is 0 Å². The number of hydrogen-bond acceptors (Lipinski definition) is 8. The van der Waals surface area contributed by atoms with E-state index >= 15 is 0 Å². The summed E-state index contributed by atoms with van der Waals surface area (Å²) in [7, 11) is 1.35. The average Bonchev–Trinajstić information content (AvgIpc) is 3.18. The van der Waals surface area contributed by atoms with E-state index in [9.17, 15) is 14.4 Å². The monoisotopic (exact) mass is 467 g/mol. The largest absolute Gasteiger partial charge is 0.351 e. The van der Waals surface area contributed by atoms with E-state index in [1.54, 1.807) is 12.1 Å². The van der Waals surface area contributed by atoms with Crippen LogP contribution in [0.25, 0.3) is 17.2 Å². The summed E-state index contributed by atoms with van der Waals surface area (Å²) in [5.74, 6) is -0.934. The summed E-state index contributed by atoms with van der Waals surface area (Å²) in [4.78, 5) is 44.2. The number of hydrogen-bond donors (Lipinski definition) is 1. The molecule has 0 unspecified atom stereocenters. The van der Waals surface area contributed by atoms with Gasteiger partial charge >= 0.3 is 17.5 Å². The molecule has 180 valence electrons. The lowest BCUT2D eigenvalue weighted by atomic mass is 10.2. The molecule has 1 saturated heterocycles. The van der Waals surface area contributed by atoms with Crippen molar-refractivity contribution in [2.75, 3.05) is 26.2 Å². The Morgan fingerprint density at radius 2 is 1.79 bits per heavy atom. The molecule has 11 heteroatoms. The lowest BCUT2D eigenvalue weighted by Gasteiger charge is -2.19. The third-order valence-corrected chi connectivity index (χ3v) is 5.92. The maximum Gasteiger partial charge on any atom is 0.351 e. The van der Waals surface area contributed by atoms with Crippen LogP contribution in [0.15, 0.2) is 38.4 Å². The van der Waals surface area contributed by atoms with Crippen LogP contribution in [0.3, 0.4) is 0 Å². The summed E-state index contributed by atoms with van der Waals surface area (Å²) in [6, 6.07) is 7.10. The van der Waals surface area contributed by atoms with Crippen LogP contribution in [-0.4, -0.2) is 61.5 Å². The molecule has 1 N–H and O–H groups in total. The van der Waals surface area contributed by atoms with E-state index in [0.717, 1.165) is 40.9 Å². The van der Waals surface area contributed by atoms with E-state index in [1.807, 2.05) is 19.1 Å². The van der Waals surface area contributed by atoms with Gasteiger partial charge in [-0.3, -0.25) is 14.2 Å². The highest BCUT2D eigenvalue weighted by atomic mass is 16.5. The minimum absolute atomic E-state index is 0.156. The molecule has 0 atom stereocenters. The van der Waals surface area contributed by atoms with Crippen molar-refractivity contribution in [2.24, 2.45) is 7.05 Å². The molecule has 0 spiro atoms. The van der Waals surface area contributed by atoms with E-state index < -0.39 is 17.2 Å². The molecular formula is C23H29N7O4. The van der Waals surface area contributed by atoms with Gasteiger partial charge in [0.25, 0.3) is 5.56 Å². The topological polar surface area (TPSA) is 128 Å². The zero-order valence-electron chi connectivity index (χ0n) is 19.5. The van der Waals surface area contributed by atoms with Crippen LogP contribution in [0.1, 0.15) is 48.4 Å². The fraction of sp³-hybridized carbons (Fsp3) is 0.478. The molecule has 1 aliphatic heterocycles. The molecule has 1 fully saturated rings. The van der Waals surface area contributed by atoms with Crippen LogP contribution in [0, 0.1) is 6.92 Å². The second-order valence-corrected chi connectivity index (χ2v) is 8.53. The van der Waals surface area contributed by atoms with Gasteiger partial charge in [-0.2, -0.15) is 14.8 Å². The van der Waals surface area contributed by atoms with Crippen molar-refractivity contribution in [3.05, 3.63) is 56.6 Å².